The van der Waals surface area contributed by atoms with Gasteiger partial charge in [0.05, 0.1) is 0 Å². The van der Waals surface area contributed by atoms with Crippen molar-refractivity contribution in [3.63, 3.8) is 0 Å². The molecule has 0 amide bonds. The second-order valence-corrected chi connectivity index (χ2v) is 27.7. The summed E-state index contributed by atoms with van der Waals surface area (Å²) in [4.78, 5) is 0. The molecule has 0 nitrogen and oxygen atoms in total. The fourth-order valence-corrected chi connectivity index (χ4v) is 23.9. The number of hydrogen-bond donors (Lipinski definition) is 0. The zero-order valence-electron chi connectivity index (χ0n) is 24.6. The molecule has 0 saturated heterocycles. The van der Waals surface area contributed by atoms with Gasteiger partial charge in [0.1, 0.15) is 0 Å². The summed E-state index contributed by atoms with van der Waals surface area (Å²) < 4.78 is 84.4. The van der Waals surface area contributed by atoms with Crippen LogP contribution in [0.15, 0.2) is 78.4 Å². The fourth-order valence-electron chi connectivity index (χ4n) is 7.03. The van der Waals surface area contributed by atoms with Gasteiger partial charge in [-0.15, -0.1) is 0 Å². The van der Waals surface area contributed by atoms with E-state index >= 15 is 0 Å². The van der Waals surface area contributed by atoms with E-state index < -0.39 is 50.9 Å². The van der Waals surface area contributed by atoms with Crippen molar-refractivity contribution in [3.8, 4) is 22.3 Å². The molecule has 2 aliphatic rings. The average molecular weight is 755 g/mol. The molecule has 6 rings (SSSR count). The third kappa shape index (κ3) is 5.94. The summed E-state index contributed by atoms with van der Waals surface area (Å²) in [5.41, 5.74) is 3.16. The van der Waals surface area contributed by atoms with E-state index in [4.69, 9.17) is 17.0 Å². The van der Waals surface area contributed by atoms with Gasteiger partial charge in [-0.2, -0.15) is 0 Å². The van der Waals surface area contributed by atoms with Crippen LogP contribution >= 0.6 is 17.0 Å². The van der Waals surface area contributed by atoms with E-state index in [2.05, 4.69) is 18.2 Å². The molecule has 0 spiro atoms. The van der Waals surface area contributed by atoms with Gasteiger partial charge in [-0.25, -0.2) is 0 Å². The Hall–Kier alpha value is -2.12. The topological polar surface area (TPSA) is 0 Å². The minimum atomic E-state index is -4.95. The van der Waals surface area contributed by atoms with Gasteiger partial charge in [0.15, 0.2) is 0 Å². The Kier molecular flexibility index (Phi) is 8.86. The van der Waals surface area contributed by atoms with Crippen LogP contribution in [0, 0.1) is 0 Å². The SMILES string of the molecule is CCCC1=Cc2c(ccc(CCC)c2-c2cc(C(F)(F)F)cc(C(F)(F)F)c2)[CH]1[Zr]([Cl])([Cl])[c]1cccc2c1[SiH2]c1ccccc1-2. The van der Waals surface area contributed by atoms with E-state index in [0.717, 1.165) is 33.0 Å². The molecule has 0 N–H and O–H groups in total. The third-order valence-electron chi connectivity index (χ3n) is 8.88. The first-order valence-corrected chi connectivity index (χ1v) is 25.4. The predicted octanol–water partition coefficient (Wildman–Crippen LogP) is 9.47. The van der Waals surface area contributed by atoms with E-state index in [-0.39, 0.29) is 15.3 Å². The first-order valence-electron chi connectivity index (χ1n) is 15.0. The molecule has 0 radical (unpaired) electrons. The summed E-state index contributed by atoms with van der Waals surface area (Å²) in [6, 6.07) is 20.2. The Labute approximate surface area is 272 Å². The van der Waals surface area contributed by atoms with Gasteiger partial charge in [-0.1, -0.05) is 0 Å². The van der Waals surface area contributed by atoms with Crippen molar-refractivity contribution >= 4 is 46.3 Å². The summed E-state index contributed by atoms with van der Waals surface area (Å²) >= 11 is -4.39. The van der Waals surface area contributed by atoms with Gasteiger partial charge in [-0.05, 0) is 0 Å². The number of rotatable bonds is 7. The number of allylic oxidation sites excluding steroid dienone is 1. The van der Waals surface area contributed by atoms with E-state index in [9.17, 15) is 26.3 Å². The fraction of sp³-hybridized carbons (Fsp3) is 0.257. The number of benzene rings is 4. The summed E-state index contributed by atoms with van der Waals surface area (Å²) in [5, 5.41) is 2.59. The van der Waals surface area contributed by atoms with Crippen LogP contribution in [0.5, 0.6) is 0 Å². The molecule has 0 saturated carbocycles. The van der Waals surface area contributed by atoms with Crippen LogP contribution in [0.25, 0.3) is 28.3 Å². The molecule has 234 valence electrons. The van der Waals surface area contributed by atoms with Crippen molar-refractivity contribution in [3.05, 3.63) is 106 Å². The van der Waals surface area contributed by atoms with Crippen LogP contribution in [-0.2, 0) is 36.7 Å². The molecule has 1 aliphatic heterocycles. The summed E-state index contributed by atoms with van der Waals surface area (Å²) in [6.07, 6.45) is -5.32. The maximum absolute atomic E-state index is 13.9. The van der Waals surface area contributed by atoms with Gasteiger partial charge >= 0.3 is 274 Å². The van der Waals surface area contributed by atoms with Crippen molar-refractivity contribution in [1.29, 1.82) is 0 Å². The van der Waals surface area contributed by atoms with Gasteiger partial charge in [0.2, 0.25) is 0 Å². The normalized spacial score (nSPS) is 16.5. The van der Waals surface area contributed by atoms with Crippen molar-refractivity contribution in [2.45, 2.75) is 55.5 Å². The van der Waals surface area contributed by atoms with Gasteiger partial charge in [0.25, 0.3) is 0 Å². The van der Waals surface area contributed by atoms with Crippen molar-refractivity contribution < 1.29 is 44.2 Å². The average Bonchev–Trinajstić information content (AvgIpc) is 3.54. The second-order valence-electron chi connectivity index (χ2n) is 11.8. The van der Waals surface area contributed by atoms with Crippen molar-refractivity contribution in [2.75, 3.05) is 0 Å². The Balaban J connectivity index is 1.57. The quantitative estimate of drug-likeness (QED) is 0.115. The third-order valence-corrected chi connectivity index (χ3v) is 23.2. The molecule has 4 aromatic rings. The zero-order chi connectivity index (χ0) is 32.3. The van der Waals surface area contributed by atoms with Crippen LogP contribution in [0.3, 0.4) is 0 Å². The van der Waals surface area contributed by atoms with Crippen LogP contribution in [0.2, 0.25) is 0 Å². The summed E-state index contributed by atoms with van der Waals surface area (Å²) in [6.45, 7) is 3.97. The summed E-state index contributed by atoms with van der Waals surface area (Å²) in [5.74, 6) is 0. The van der Waals surface area contributed by atoms with Gasteiger partial charge in [-0.3, -0.25) is 0 Å². The Bertz CT molecular complexity index is 1790. The van der Waals surface area contributed by atoms with Crippen molar-refractivity contribution in [2.24, 2.45) is 0 Å². The molecule has 10 heteroatoms. The molecule has 0 aromatic heterocycles. The standard InChI is InChI=1S/C23H21F6.C12H9Si.2ClH.Zr/c1-3-5-14-9-16-8-7-15(6-4-2)21(20(16)10-14)17-11-18(22(24,25)26)13-19(12-17)23(27,28)29;1-3-7-11-9(5-1)10-6-2-4-8-12(10)13-11;;;/h7-13H,3-6H2,1-2H3;1-7H,13H2;2*1H;/q;;;;+2/p-2. The molecule has 1 aliphatic carbocycles. The van der Waals surface area contributed by atoms with Gasteiger partial charge in [0, 0.05) is 0 Å². The van der Waals surface area contributed by atoms with Crippen LogP contribution in [0.4, 0.5) is 26.3 Å². The molecule has 1 unspecified atom stereocenters. The zero-order valence-corrected chi connectivity index (χ0v) is 30.0. The number of fused-ring (bicyclic) bond motifs is 4. The van der Waals surface area contributed by atoms with E-state index in [1.807, 2.05) is 56.3 Å². The van der Waals surface area contributed by atoms with Crippen molar-refractivity contribution in [1.82, 2.24) is 0 Å². The molecule has 45 heavy (non-hydrogen) atoms. The second kappa shape index (κ2) is 12.2. The van der Waals surface area contributed by atoms with Crippen LogP contribution in [-0.4, -0.2) is 9.52 Å². The number of halogens is 8. The molecule has 1 atom stereocenters. The molecular weight excluding hydrogens is 725 g/mol. The monoisotopic (exact) mass is 752 g/mol. The van der Waals surface area contributed by atoms with E-state index in [0.29, 0.717) is 36.0 Å². The molecular formula is C35H30Cl2F6SiZr. The van der Waals surface area contributed by atoms with E-state index in [1.165, 1.54) is 21.5 Å². The Morgan fingerprint density at radius 3 is 2.04 bits per heavy atom. The van der Waals surface area contributed by atoms with Crippen LogP contribution in [0.1, 0.15) is 64.6 Å². The predicted molar refractivity (Wildman–Crippen MR) is 173 cm³/mol. The first-order chi connectivity index (χ1) is 21.3. The van der Waals surface area contributed by atoms with E-state index in [1.54, 1.807) is 0 Å². The molecule has 1 heterocycles. The maximum atomic E-state index is 13.9. The summed E-state index contributed by atoms with van der Waals surface area (Å²) in [7, 11) is 14.5. The molecule has 4 aromatic carbocycles. The minimum absolute atomic E-state index is 0.0985. The van der Waals surface area contributed by atoms with Gasteiger partial charge < -0.3 is 0 Å². The number of aryl methyl sites for hydroxylation is 1. The van der Waals surface area contributed by atoms with Crippen LogP contribution < -0.4 is 13.6 Å². The number of alkyl halides is 6. The first kappa shape index (κ1) is 32.8. The molecule has 0 bridgehead atoms. The number of hydrogen-bond acceptors (Lipinski definition) is 0. The Morgan fingerprint density at radius 2 is 1.40 bits per heavy atom. The molecule has 0 fully saturated rings. The Morgan fingerprint density at radius 1 is 0.756 bits per heavy atom.